The maximum atomic E-state index is 8.77. The van der Waals surface area contributed by atoms with Gasteiger partial charge in [0, 0.05) is 6.04 Å². The Hall–Kier alpha value is -1.33. The van der Waals surface area contributed by atoms with Gasteiger partial charge in [0.25, 0.3) is 0 Å². The Balaban J connectivity index is 2.62. The third-order valence-corrected chi connectivity index (χ3v) is 2.27. The molecule has 0 amide bonds. The third kappa shape index (κ3) is 4.14. The average Bonchev–Trinajstić information content (AvgIpc) is 2.25. The smallest absolute Gasteiger partial charge is 0.0641 e. The fourth-order valence-electron chi connectivity index (χ4n) is 1.46. The second kappa shape index (κ2) is 6.21. The lowest BCUT2D eigenvalue weighted by Crippen LogP contribution is -2.25. The first-order chi connectivity index (χ1) is 7.24. The minimum atomic E-state index is 0.165. The van der Waals surface area contributed by atoms with E-state index in [9.17, 15) is 0 Å². The van der Waals surface area contributed by atoms with Gasteiger partial charge in [-0.3, -0.25) is 0 Å². The van der Waals surface area contributed by atoms with Gasteiger partial charge in [0.2, 0.25) is 0 Å². The quantitative estimate of drug-likeness (QED) is 0.797. The van der Waals surface area contributed by atoms with Gasteiger partial charge in [-0.25, -0.2) is 0 Å². The molecule has 0 aromatic heterocycles. The fourth-order valence-corrected chi connectivity index (χ4v) is 1.46. The molecule has 2 heteroatoms. The predicted octanol–water partition coefficient (Wildman–Crippen LogP) is 2.89. The molecular weight excluding hydrogens is 184 g/mol. The van der Waals surface area contributed by atoms with Crippen molar-refractivity contribution in [2.45, 2.75) is 26.3 Å². The van der Waals surface area contributed by atoms with Crippen LogP contribution in [0.1, 0.15) is 31.9 Å². The number of nitrogens with one attached hydrogen (secondary N) is 1. The number of benzene rings is 1. The summed E-state index contributed by atoms with van der Waals surface area (Å²) in [6.45, 7) is 5.28. The summed E-state index contributed by atoms with van der Waals surface area (Å²) < 4.78 is 0. The molecule has 1 aromatic carbocycles. The normalized spacial score (nSPS) is 12.4. The molecule has 1 unspecified atom stereocenters. The molecule has 2 nitrogen and oxygen atoms in total. The largest absolute Gasteiger partial charge is 0.309 e. The predicted molar refractivity (Wildman–Crippen MR) is 62.3 cm³/mol. The summed E-state index contributed by atoms with van der Waals surface area (Å²) in [6.07, 6.45) is 0.525. The highest BCUT2D eigenvalue weighted by atomic mass is 14.9. The van der Waals surface area contributed by atoms with Crippen LogP contribution in [0, 0.1) is 17.2 Å². The molecule has 0 saturated heterocycles. The van der Waals surface area contributed by atoms with Crippen molar-refractivity contribution in [2.24, 2.45) is 5.92 Å². The van der Waals surface area contributed by atoms with E-state index in [1.807, 2.05) is 18.2 Å². The van der Waals surface area contributed by atoms with Crippen molar-refractivity contribution in [2.75, 3.05) is 6.54 Å². The molecule has 15 heavy (non-hydrogen) atoms. The minimum Gasteiger partial charge on any atom is -0.309 e. The van der Waals surface area contributed by atoms with Crippen LogP contribution in [0.5, 0.6) is 0 Å². The van der Waals surface area contributed by atoms with Crippen LogP contribution in [0.3, 0.4) is 0 Å². The van der Waals surface area contributed by atoms with Crippen LogP contribution in [0.4, 0.5) is 0 Å². The van der Waals surface area contributed by atoms with Gasteiger partial charge in [0.15, 0.2) is 0 Å². The standard InChI is InChI=1S/C13H18N2/c1-11(2)10-15-13(8-9-14)12-6-4-3-5-7-12/h3-7,11,13,15H,8,10H2,1-2H3. The van der Waals surface area contributed by atoms with E-state index < -0.39 is 0 Å². The molecule has 0 bridgehead atoms. The number of hydrogen-bond donors (Lipinski definition) is 1. The van der Waals surface area contributed by atoms with E-state index in [1.54, 1.807) is 0 Å². The van der Waals surface area contributed by atoms with Gasteiger partial charge in [-0.2, -0.15) is 5.26 Å². The number of hydrogen-bond acceptors (Lipinski definition) is 2. The first kappa shape index (κ1) is 11.7. The van der Waals surface area contributed by atoms with Crippen molar-refractivity contribution < 1.29 is 0 Å². The summed E-state index contributed by atoms with van der Waals surface area (Å²) in [4.78, 5) is 0. The van der Waals surface area contributed by atoms with Crippen molar-refractivity contribution in [3.8, 4) is 6.07 Å². The lowest BCUT2D eigenvalue weighted by Gasteiger charge is -2.17. The van der Waals surface area contributed by atoms with Gasteiger partial charge in [-0.1, -0.05) is 44.2 Å². The molecular formula is C13H18N2. The highest BCUT2D eigenvalue weighted by Gasteiger charge is 2.09. The van der Waals surface area contributed by atoms with E-state index in [-0.39, 0.29) is 6.04 Å². The summed E-state index contributed by atoms with van der Waals surface area (Å²) in [5.74, 6) is 0.606. The highest BCUT2D eigenvalue weighted by molar-refractivity contribution is 5.19. The molecule has 1 aromatic rings. The second-order valence-electron chi connectivity index (χ2n) is 4.13. The fraction of sp³-hybridized carbons (Fsp3) is 0.462. The lowest BCUT2D eigenvalue weighted by atomic mass is 10.0. The summed E-state index contributed by atoms with van der Waals surface area (Å²) in [5, 5.41) is 12.2. The van der Waals surface area contributed by atoms with Gasteiger partial charge in [-0.15, -0.1) is 0 Å². The summed E-state index contributed by atoms with van der Waals surface area (Å²) >= 11 is 0. The minimum absolute atomic E-state index is 0.165. The first-order valence-electron chi connectivity index (χ1n) is 5.39. The van der Waals surface area contributed by atoms with Crippen LogP contribution in [-0.2, 0) is 0 Å². The van der Waals surface area contributed by atoms with Gasteiger partial charge < -0.3 is 5.32 Å². The molecule has 0 aliphatic carbocycles. The second-order valence-corrected chi connectivity index (χ2v) is 4.13. The van der Waals surface area contributed by atoms with Gasteiger partial charge in [0.1, 0.15) is 0 Å². The van der Waals surface area contributed by atoms with Crippen molar-refractivity contribution in [1.82, 2.24) is 5.32 Å². The van der Waals surface area contributed by atoms with Gasteiger partial charge in [0.05, 0.1) is 12.5 Å². The Morgan fingerprint density at radius 1 is 1.27 bits per heavy atom. The zero-order valence-electron chi connectivity index (χ0n) is 9.40. The van der Waals surface area contributed by atoms with E-state index in [2.05, 4.69) is 37.4 Å². The Bertz CT molecular complexity index is 311. The van der Waals surface area contributed by atoms with Gasteiger partial charge in [-0.05, 0) is 18.0 Å². The Kier molecular flexibility index (Phi) is 4.86. The zero-order chi connectivity index (χ0) is 11.1. The maximum Gasteiger partial charge on any atom is 0.0641 e. The number of nitrogens with zero attached hydrogens (tertiary/aromatic N) is 1. The van der Waals surface area contributed by atoms with Crippen LogP contribution in [0.2, 0.25) is 0 Å². The van der Waals surface area contributed by atoms with Gasteiger partial charge >= 0.3 is 0 Å². The molecule has 1 N–H and O–H groups in total. The SMILES string of the molecule is CC(C)CNC(CC#N)c1ccccc1. The summed E-state index contributed by atoms with van der Waals surface area (Å²) in [6, 6.07) is 12.5. The van der Waals surface area contributed by atoms with Crippen LogP contribution >= 0.6 is 0 Å². The molecule has 0 aliphatic rings. The lowest BCUT2D eigenvalue weighted by molar-refractivity contribution is 0.478. The van der Waals surface area contributed by atoms with Crippen molar-refractivity contribution in [3.05, 3.63) is 35.9 Å². The monoisotopic (exact) mass is 202 g/mol. The van der Waals surface area contributed by atoms with Crippen LogP contribution < -0.4 is 5.32 Å². The number of rotatable bonds is 5. The Labute approximate surface area is 91.9 Å². The summed E-state index contributed by atoms with van der Waals surface area (Å²) in [5.41, 5.74) is 1.19. The molecule has 0 heterocycles. The van der Waals surface area contributed by atoms with E-state index in [0.29, 0.717) is 12.3 Å². The van der Waals surface area contributed by atoms with Crippen LogP contribution in [-0.4, -0.2) is 6.54 Å². The molecule has 1 rings (SSSR count). The molecule has 0 spiro atoms. The van der Waals surface area contributed by atoms with Crippen molar-refractivity contribution >= 4 is 0 Å². The molecule has 0 radical (unpaired) electrons. The Morgan fingerprint density at radius 2 is 1.93 bits per heavy atom. The zero-order valence-corrected chi connectivity index (χ0v) is 9.40. The van der Waals surface area contributed by atoms with Crippen LogP contribution in [0.15, 0.2) is 30.3 Å². The topological polar surface area (TPSA) is 35.8 Å². The van der Waals surface area contributed by atoms with E-state index in [0.717, 1.165) is 6.54 Å². The average molecular weight is 202 g/mol. The van der Waals surface area contributed by atoms with Crippen LogP contribution in [0.25, 0.3) is 0 Å². The first-order valence-corrected chi connectivity index (χ1v) is 5.39. The van der Waals surface area contributed by atoms with Crippen molar-refractivity contribution in [3.63, 3.8) is 0 Å². The highest BCUT2D eigenvalue weighted by Crippen LogP contribution is 2.15. The van der Waals surface area contributed by atoms with E-state index >= 15 is 0 Å². The van der Waals surface area contributed by atoms with E-state index in [1.165, 1.54) is 5.56 Å². The van der Waals surface area contributed by atoms with E-state index in [4.69, 9.17) is 5.26 Å². The molecule has 0 saturated carbocycles. The molecule has 80 valence electrons. The molecule has 0 fully saturated rings. The molecule has 1 atom stereocenters. The Morgan fingerprint density at radius 3 is 2.47 bits per heavy atom. The number of nitriles is 1. The maximum absolute atomic E-state index is 8.77. The van der Waals surface area contributed by atoms with Crippen molar-refractivity contribution in [1.29, 1.82) is 5.26 Å². The molecule has 0 aliphatic heterocycles. The third-order valence-electron chi connectivity index (χ3n) is 2.27. The summed E-state index contributed by atoms with van der Waals surface area (Å²) in [7, 11) is 0.